The first kappa shape index (κ1) is 16.2. The number of nitrogens with one attached hydrogen (secondary N) is 2. The SMILES string of the molecule is CCCNc1cc(N(CCC)CC(=O)NC)nc(C)n1. The number of carbonyl (C=O) groups excluding carboxylic acids is 1. The Morgan fingerprint density at radius 3 is 2.65 bits per heavy atom. The summed E-state index contributed by atoms with van der Waals surface area (Å²) < 4.78 is 0. The van der Waals surface area contributed by atoms with Crippen LogP contribution in [0.15, 0.2) is 6.07 Å². The summed E-state index contributed by atoms with van der Waals surface area (Å²) in [5.41, 5.74) is 0. The van der Waals surface area contributed by atoms with Gasteiger partial charge in [-0.3, -0.25) is 4.79 Å². The molecule has 0 aromatic carbocycles. The van der Waals surface area contributed by atoms with E-state index in [1.807, 2.05) is 17.9 Å². The lowest BCUT2D eigenvalue weighted by molar-refractivity contribution is -0.119. The quantitative estimate of drug-likeness (QED) is 0.756. The molecule has 0 saturated carbocycles. The smallest absolute Gasteiger partial charge is 0.239 e. The van der Waals surface area contributed by atoms with Gasteiger partial charge in [0.15, 0.2) is 0 Å². The van der Waals surface area contributed by atoms with Crippen LogP contribution in [-0.4, -0.2) is 42.6 Å². The molecule has 1 amide bonds. The van der Waals surface area contributed by atoms with Crippen molar-refractivity contribution in [3.8, 4) is 0 Å². The molecular formula is C14H25N5O. The highest BCUT2D eigenvalue weighted by atomic mass is 16.1. The first-order chi connectivity index (χ1) is 9.60. The number of hydrogen-bond donors (Lipinski definition) is 2. The Morgan fingerprint density at radius 2 is 2.05 bits per heavy atom. The molecule has 0 saturated heterocycles. The normalized spacial score (nSPS) is 10.2. The number of hydrogen-bond acceptors (Lipinski definition) is 5. The molecule has 0 aliphatic rings. The van der Waals surface area contributed by atoms with Crippen molar-refractivity contribution < 1.29 is 4.79 Å². The van der Waals surface area contributed by atoms with Crippen LogP contribution in [0.5, 0.6) is 0 Å². The first-order valence-corrected chi connectivity index (χ1v) is 7.15. The minimum Gasteiger partial charge on any atom is -0.370 e. The third kappa shape index (κ3) is 5.03. The van der Waals surface area contributed by atoms with Crippen LogP contribution in [0.2, 0.25) is 0 Å². The Balaban J connectivity index is 2.93. The van der Waals surface area contributed by atoms with Crippen LogP contribution >= 0.6 is 0 Å². The van der Waals surface area contributed by atoms with Crippen LogP contribution in [-0.2, 0) is 4.79 Å². The Labute approximate surface area is 121 Å². The van der Waals surface area contributed by atoms with E-state index >= 15 is 0 Å². The van der Waals surface area contributed by atoms with Crippen LogP contribution in [0.3, 0.4) is 0 Å². The number of rotatable bonds is 8. The number of aromatic nitrogens is 2. The van der Waals surface area contributed by atoms with Crippen molar-refractivity contribution in [1.29, 1.82) is 0 Å². The number of amides is 1. The third-order valence-corrected chi connectivity index (χ3v) is 2.81. The average Bonchev–Trinajstić information content (AvgIpc) is 2.43. The van der Waals surface area contributed by atoms with E-state index in [2.05, 4.69) is 34.4 Å². The standard InChI is InChI=1S/C14H25N5O/c1-5-7-16-12-9-13(18-11(3)17-12)19(8-6-2)10-14(20)15-4/h9H,5-8,10H2,1-4H3,(H,15,20)(H,16,17,18). The molecule has 2 N–H and O–H groups in total. The summed E-state index contributed by atoms with van der Waals surface area (Å²) in [6, 6.07) is 1.90. The molecule has 0 bridgehead atoms. The Bertz CT molecular complexity index is 436. The largest absolute Gasteiger partial charge is 0.370 e. The summed E-state index contributed by atoms with van der Waals surface area (Å²) in [5.74, 6) is 2.30. The molecule has 0 atom stereocenters. The third-order valence-electron chi connectivity index (χ3n) is 2.81. The van der Waals surface area contributed by atoms with Crippen molar-refractivity contribution in [2.24, 2.45) is 0 Å². The number of anilines is 2. The predicted molar refractivity (Wildman–Crippen MR) is 82.1 cm³/mol. The van der Waals surface area contributed by atoms with E-state index in [0.29, 0.717) is 12.4 Å². The van der Waals surface area contributed by atoms with Gasteiger partial charge in [0.05, 0.1) is 6.54 Å². The van der Waals surface area contributed by atoms with Crippen LogP contribution in [0, 0.1) is 6.92 Å². The Morgan fingerprint density at radius 1 is 1.30 bits per heavy atom. The maximum Gasteiger partial charge on any atom is 0.239 e. The van der Waals surface area contributed by atoms with Crippen molar-refractivity contribution in [3.05, 3.63) is 11.9 Å². The highest BCUT2D eigenvalue weighted by Crippen LogP contribution is 2.16. The van der Waals surface area contributed by atoms with Crippen molar-refractivity contribution in [2.75, 3.05) is 36.9 Å². The van der Waals surface area contributed by atoms with Crippen LogP contribution in [0.25, 0.3) is 0 Å². The molecular weight excluding hydrogens is 254 g/mol. The predicted octanol–water partition coefficient (Wildman–Crippen LogP) is 1.57. The average molecular weight is 279 g/mol. The summed E-state index contributed by atoms with van der Waals surface area (Å²) in [6.45, 7) is 8.03. The monoisotopic (exact) mass is 279 g/mol. The Kier molecular flexibility index (Phi) is 6.76. The zero-order valence-corrected chi connectivity index (χ0v) is 12.9. The molecule has 112 valence electrons. The summed E-state index contributed by atoms with van der Waals surface area (Å²) in [5, 5.41) is 5.91. The van der Waals surface area contributed by atoms with E-state index in [-0.39, 0.29) is 5.91 Å². The summed E-state index contributed by atoms with van der Waals surface area (Å²) in [6.07, 6.45) is 1.99. The zero-order chi connectivity index (χ0) is 15.0. The molecule has 0 spiro atoms. The van der Waals surface area contributed by atoms with Gasteiger partial charge in [0.2, 0.25) is 5.91 Å². The maximum atomic E-state index is 11.6. The fourth-order valence-corrected chi connectivity index (χ4v) is 1.85. The molecule has 0 aliphatic carbocycles. The lowest BCUT2D eigenvalue weighted by Gasteiger charge is -2.23. The highest BCUT2D eigenvalue weighted by Gasteiger charge is 2.13. The van der Waals surface area contributed by atoms with Crippen molar-refractivity contribution in [2.45, 2.75) is 33.6 Å². The first-order valence-electron chi connectivity index (χ1n) is 7.15. The topological polar surface area (TPSA) is 70.2 Å². The molecule has 1 heterocycles. The molecule has 0 unspecified atom stereocenters. The minimum atomic E-state index is -0.0159. The number of nitrogens with zero attached hydrogens (tertiary/aromatic N) is 3. The fraction of sp³-hybridized carbons (Fsp3) is 0.643. The fourth-order valence-electron chi connectivity index (χ4n) is 1.85. The van der Waals surface area contributed by atoms with E-state index in [1.165, 1.54) is 0 Å². The molecule has 0 radical (unpaired) electrons. The molecule has 20 heavy (non-hydrogen) atoms. The molecule has 0 aliphatic heterocycles. The van der Waals surface area contributed by atoms with Crippen LogP contribution in [0.4, 0.5) is 11.6 Å². The number of aryl methyl sites for hydroxylation is 1. The van der Waals surface area contributed by atoms with Gasteiger partial charge in [0, 0.05) is 26.2 Å². The molecule has 6 nitrogen and oxygen atoms in total. The maximum absolute atomic E-state index is 11.6. The van der Waals surface area contributed by atoms with Gasteiger partial charge in [-0.2, -0.15) is 0 Å². The van der Waals surface area contributed by atoms with Crippen molar-refractivity contribution in [3.63, 3.8) is 0 Å². The van der Waals surface area contributed by atoms with Gasteiger partial charge in [0.25, 0.3) is 0 Å². The second-order valence-corrected chi connectivity index (χ2v) is 4.68. The molecule has 6 heteroatoms. The molecule has 1 rings (SSSR count). The van der Waals surface area contributed by atoms with Gasteiger partial charge >= 0.3 is 0 Å². The van der Waals surface area contributed by atoms with E-state index < -0.39 is 0 Å². The van der Waals surface area contributed by atoms with Gasteiger partial charge in [-0.05, 0) is 19.8 Å². The van der Waals surface area contributed by atoms with Crippen LogP contribution < -0.4 is 15.5 Å². The molecule has 1 aromatic heterocycles. The van der Waals surface area contributed by atoms with Gasteiger partial charge in [-0.15, -0.1) is 0 Å². The van der Waals surface area contributed by atoms with Crippen molar-refractivity contribution in [1.82, 2.24) is 15.3 Å². The summed E-state index contributed by atoms with van der Waals surface area (Å²) in [4.78, 5) is 22.4. The number of carbonyl (C=O) groups is 1. The summed E-state index contributed by atoms with van der Waals surface area (Å²) in [7, 11) is 1.64. The van der Waals surface area contributed by atoms with E-state index in [1.54, 1.807) is 7.05 Å². The molecule has 0 fully saturated rings. The molecule has 1 aromatic rings. The Hall–Kier alpha value is -1.85. The van der Waals surface area contributed by atoms with E-state index in [4.69, 9.17) is 0 Å². The van der Waals surface area contributed by atoms with Gasteiger partial charge in [-0.25, -0.2) is 9.97 Å². The minimum absolute atomic E-state index is 0.0159. The highest BCUT2D eigenvalue weighted by molar-refractivity contribution is 5.80. The second kappa shape index (κ2) is 8.35. The number of likely N-dealkylation sites (N-methyl/N-ethyl adjacent to an activating group) is 1. The van der Waals surface area contributed by atoms with Gasteiger partial charge in [0.1, 0.15) is 17.5 Å². The van der Waals surface area contributed by atoms with E-state index in [0.717, 1.165) is 37.6 Å². The summed E-state index contributed by atoms with van der Waals surface area (Å²) >= 11 is 0. The second-order valence-electron chi connectivity index (χ2n) is 4.68. The lowest BCUT2D eigenvalue weighted by atomic mass is 10.3. The lowest BCUT2D eigenvalue weighted by Crippen LogP contribution is -2.36. The zero-order valence-electron chi connectivity index (χ0n) is 12.9. The van der Waals surface area contributed by atoms with Crippen LogP contribution in [0.1, 0.15) is 32.5 Å². The van der Waals surface area contributed by atoms with Crippen molar-refractivity contribution >= 4 is 17.5 Å². The van der Waals surface area contributed by atoms with Gasteiger partial charge < -0.3 is 15.5 Å². The van der Waals surface area contributed by atoms with Gasteiger partial charge in [-0.1, -0.05) is 13.8 Å². The van der Waals surface area contributed by atoms with E-state index in [9.17, 15) is 4.79 Å².